The van der Waals surface area contributed by atoms with Gasteiger partial charge in [0.05, 0.1) is 6.61 Å². The highest BCUT2D eigenvalue weighted by Gasteiger charge is 2.22. The number of pyridine rings is 1. The molecule has 0 atom stereocenters. The highest BCUT2D eigenvalue weighted by molar-refractivity contribution is 6.39. The second-order valence-electron chi connectivity index (χ2n) is 5.05. The van der Waals surface area contributed by atoms with Gasteiger partial charge in [0.2, 0.25) is 0 Å². The zero-order valence-corrected chi connectivity index (χ0v) is 12.9. The maximum atomic E-state index is 12.3. The molecule has 0 aliphatic carbocycles. The summed E-state index contributed by atoms with van der Waals surface area (Å²) in [6.07, 6.45) is 0. The summed E-state index contributed by atoms with van der Waals surface area (Å²) in [5, 5.41) is 11.6. The number of aliphatic hydroxyl groups excluding tert-OH is 1. The summed E-state index contributed by atoms with van der Waals surface area (Å²) in [7, 11) is 0. The van der Waals surface area contributed by atoms with Crippen LogP contribution in [0.3, 0.4) is 0 Å². The standard InChI is InChI=1S/C17H19N3O3/c1-13-6-5-9-15(18-13)19-16(22)17(23)20(10-11-21)12-14-7-3-2-4-8-14/h2-9,21H,10-12H2,1H3,(H,18,19,22). The molecule has 0 fully saturated rings. The van der Waals surface area contributed by atoms with E-state index in [9.17, 15) is 9.59 Å². The van der Waals surface area contributed by atoms with Gasteiger partial charge in [0.1, 0.15) is 5.82 Å². The van der Waals surface area contributed by atoms with Gasteiger partial charge in [0.25, 0.3) is 0 Å². The summed E-state index contributed by atoms with van der Waals surface area (Å²) < 4.78 is 0. The molecule has 0 aliphatic heterocycles. The van der Waals surface area contributed by atoms with Crippen molar-refractivity contribution in [2.75, 3.05) is 18.5 Å². The molecule has 6 nitrogen and oxygen atoms in total. The number of aryl methyl sites for hydroxylation is 1. The molecule has 0 unspecified atom stereocenters. The van der Waals surface area contributed by atoms with E-state index in [1.807, 2.05) is 30.3 Å². The number of hydrogen-bond donors (Lipinski definition) is 2. The van der Waals surface area contributed by atoms with Crippen LogP contribution in [0, 0.1) is 6.92 Å². The van der Waals surface area contributed by atoms with Gasteiger partial charge in [-0.2, -0.15) is 0 Å². The Bertz CT molecular complexity index is 674. The zero-order valence-electron chi connectivity index (χ0n) is 12.9. The number of nitrogens with one attached hydrogen (secondary N) is 1. The van der Waals surface area contributed by atoms with E-state index >= 15 is 0 Å². The molecule has 0 bridgehead atoms. The van der Waals surface area contributed by atoms with Gasteiger partial charge in [-0.25, -0.2) is 4.98 Å². The molecule has 2 aromatic rings. The van der Waals surface area contributed by atoms with Crippen LogP contribution in [0.2, 0.25) is 0 Å². The van der Waals surface area contributed by atoms with E-state index in [2.05, 4.69) is 10.3 Å². The monoisotopic (exact) mass is 313 g/mol. The van der Waals surface area contributed by atoms with Crippen molar-refractivity contribution in [2.45, 2.75) is 13.5 Å². The Balaban J connectivity index is 2.06. The number of aromatic nitrogens is 1. The van der Waals surface area contributed by atoms with Crippen molar-refractivity contribution >= 4 is 17.6 Å². The molecule has 1 aromatic carbocycles. The van der Waals surface area contributed by atoms with E-state index in [0.717, 1.165) is 11.3 Å². The molecule has 2 N–H and O–H groups in total. The van der Waals surface area contributed by atoms with Gasteiger partial charge in [-0.05, 0) is 24.6 Å². The molecule has 1 aromatic heterocycles. The third kappa shape index (κ3) is 4.89. The summed E-state index contributed by atoms with van der Waals surface area (Å²) in [5.41, 5.74) is 1.63. The molecule has 0 saturated carbocycles. The number of anilines is 1. The first-order valence-corrected chi connectivity index (χ1v) is 7.29. The second-order valence-corrected chi connectivity index (χ2v) is 5.05. The Kier molecular flexibility index (Phi) is 5.82. The third-order valence-corrected chi connectivity index (χ3v) is 3.20. The number of aliphatic hydroxyl groups is 1. The lowest BCUT2D eigenvalue weighted by molar-refractivity contribution is -0.143. The molecule has 2 amide bonds. The van der Waals surface area contributed by atoms with Crippen molar-refractivity contribution in [1.82, 2.24) is 9.88 Å². The van der Waals surface area contributed by atoms with E-state index in [-0.39, 0.29) is 19.7 Å². The SMILES string of the molecule is Cc1cccc(NC(=O)C(=O)N(CCO)Cc2ccccc2)n1. The number of amides is 2. The van der Waals surface area contributed by atoms with Crippen LogP contribution >= 0.6 is 0 Å². The summed E-state index contributed by atoms with van der Waals surface area (Å²) in [6, 6.07) is 14.5. The van der Waals surface area contributed by atoms with E-state index < -0.39 is 11.8 Å². The number of carbonyl (C=O) groups excluding carboxylic acids is 2. The van der Waals surface area contributed by atoms with Crippen molar-refractivity contribution in [3.05, 3.63) is 59.8 Å². The maximum Gasteiger partial charge on any atom is 0.315 e. The zero-order chi connectivity index (χ0) is 16.7. The fraction of sp³-hybridized carbons (Fsp3) is 0.235. The van der Waals surface area contributed by atoms with Crippen LogP contribution in [-0.2, 0) is 16.1 Å². The minimum Gasteiger partial charge on any atom is -0.395 e. The Morgan fingerprint density at radius 2 is 1.87 bits per heavy atom. The van der Waals surface area contributed by atoms with Gasteiger partial charge < -0.3 is 15.3 Å². The lowest BCUT2D eigenvalue weighted by Crippen LogP contribution is -2.40. The van der Waals surface area contributed by atoms with Gasteiger partial charge in [0.15, 0.2) is 0 Å². The van der Waals surface area contributed by atoms with E-state index in [1.165, 1.54) is 4.90 Å². The third-order valence-electron chi connectivity index (χ3n) is 3.20. The number of carbonyl (C=O) groups is 2. The highest BCUT2D eigenvalue weighted by Crippen LogP contribution is 2.07. The van der Waals surface area contributed by atoms with Crippen molar-refractivity contribution in [2.24, 2.45) is 0 Å². The van der Waals surface area contributed by atoms with Gasteiger partial charge in [-0.1, -0.05) is 36.4 Å². The predicted octanol–water partition coefficient (Wildman–Crippen LogP) is 1.35. The van der Waals surface area contributed by atoms with E-state index in [1.54, 1.807) is 25.1 Å². The van der Waals surface area contributed by atoms with Crippen LogP contribution in [0.25, 0.3) is 0 Å². The van der Waals surface area contributed by atoms with E-state index in [0.29, 0.717) is 5.82 Å². The van der Waals surface area contributed by atoms with Crippen LogP contribution in [0.5, 0.6) is 0 Å². The Morgan fingerprint density at radius 1 is 1.13 bits per heavy atom. The lowest BCUT2D eigenvalue weighted by Gasteiger charge is -2.21. The van der Waals surface area contributed by atoms with Crippen molar-refractivity contribution in [3.63, 3.8) is 0 Å². The quantitative estimate of drug-likeness (QED) is 0.816. The van der Waals surface area contributed by atoms with Gasteiger partial charge >= 0.3 is 11.8 Å². The maximum absolute atomic E-state index is 12.3. The summed E-state index contributed by atoms with van der Waals surface area (Å²) in [5.74, 6) is -1.15. The molecule has 1 heterocycles. The Labute approximate surface area is 134 Å². The van der Waals surface area contributed by atoms with Crippen LogP contribution in [0.4, 0.5) is 5.82 Å². The first-order valence-electron chi connectivity index (χ1n) is 7.29. The Hall–Kier alpha value is -2.73. The molecule has 0 radical (unpaired) electrons. The van der Waals surface area contributed by atoms with Crippen molar-refractivity contribution < 1.29 is 14.7 Å². The minimum atomic E-state index is -0.771. The molecule has 2 rings (SSSR count). The number of benzene rings is 1. The van der Waals surface area contributed by atoms with Gasteiger partial charge in [-0.15, -0.1) is 0 Å². The largest absolute Gasteiger partial charge is 0.395 e. The van der Waals surface area contributed by atoms with Gasteiger partial charge in [0, 0.05) is 18.8 Å². The molecule has 0 saturated heterocycles. The van der Waals surface area contributed by atoms with Crippen molar-refractivity contribution in [3.8, 4) is 0 Å². The lowest BCUT2D eigenvalue weighted by atomic mass is 10.2. The van der Waals surface area contributed by atoms with Crippen LogP contribution < -0.4 is 5.32 Å². The fourth-order valence-electron chi connectivity index (χ4n) is 2.10. The minimum absolute atomic E-state index is 0.0857. The van der Waals surface area contributed by atoms with Crippen LogP contribution in [-0.4, -0.2) is 40.0 Å². The number of hydrogen-bond acceptors (Lipinski definition) is 4. The second kappa shape index (κ2) is 8.05. The molecule has 120 valence electrons. The average Bonchev–Trinajstić information content (AvgIpc) is 2.55. The number of nitrogens with zero attached hydrogens (tertiary/aromatic N) is 2. The van der Waals surface area contributed by atoms with Crippen molar-refractivity contribution in [1.29, 1.82) is 0 Å². The first-order chi connectivity index (χ1) is 11.1. The summed E-state index contributed by atoms with van der Waals surface area (Å²) in [4.78, 5) is 29.8. The molecule has 6 heteroatoms. The van der Waals surface area contributed by atoms with Crippen LogP contribution in [0.1, 0.15) is 11.3 Å². The molecule has 23 heavy (non-hydrogen) atoms. The first kappa shape index (κ1) is 16.6. The normalized spacial score (nSPS) is 10.2. The molecule has 0 aliphatic rings. The Morgan fingerprint density at radius 3 is 2.52 bits per heavy atom. The summed E-state index contributed by atoms with van der Waals surface area (Å²) >= 11 is 0. The smallest absolute Gasteiger partial charge is 0.315 e. The number of rotatable bonds is 5. The average molecular weight is 313 g/mol. The topological polar surface area (TPSA) is 82.5 Å². The van der Waals surface area contributed by atoms with Crippen LogP contribution in [0.15, 0.2) is 48.5 Å². The molecular formula is C17H19N3O3. The fourth-order valence-corrected chi connectivity index (χ4v) is 2.10. The van der Waals surface area contributed by atoms with Gasteiger partial charge in [-0.3, -0.25) is 9.59 Å². The van der Waals surface area contributed by atoms with E-state index in [4.69, 9.17) is 5.11 Å². The summed E-state index contributed by atoms with van der Waals surface area (Å²) in [6.45, 7) is 1.93. The highest BCUT2D eigenvalue weighted by atomic mass is 16.3. The molecular weight excluding hydrogens is 294 g/mol. The molecule has 0 spiro atoms. The predicted molar refractivity (Wildman–Crippen MR) is 86.5 cm³/mol.